The lowest BCUT2D eigenvalue weighted by Crippen LogP contribution is -2.13. The summed E-state index contributed by atoms with van der Waals surface area (Å²) >= 11 is 9.53. The predicted octanol–water partition coefficient (Wildman–Crippen LogP) is 5.48. The minimum Gasteiger partial charge on any atom is -0.478 e. The molecule has 0 amide bonds. The summed E-state index contributed by atoms with van der Waals surface area (Å²) in [6, 6.07) is 11.9. The van der Waals surface area contributed by atoms with Crippen molar-refractivity contribution in [3.63, 3.8) is 0 Å². The lowest BCUT2D eigenvalue weighted by Gasteiger charge is -2.04. The molecule has 0 aliphatic carbocycles. The van der Waals surface area contributed by atoms with Crippen molar-refractivity contribution in [1.82, 2.24) is 0 Å². The number of para-hydroxylation sites is 2. The van der Waals surface area contributed by atoms with Crippen molar-refractivity contribution in [1.29, 1.82) is 0 Å². The maximum absolute atomic E-state index is 11.4. The molecule has 0 unspecified atom stereocenters. The van der Waals surface area contributed by atoms with Crippen molar-refractivity contribution in [2.24, 2.45) is 0 Å². The molecular formula is C31H34Cl2N2O13. The second kappa shape index (κ2) is 26.8. The number of aliphatic carboxylic acids is 1. The molecule has 0 spiro atoms. The van der Waals surface area contributed by atoms with Gasteiger partial charge >= 0.3 is 23.9 Å². The number of benzene rings is 2. The Morgan fingerprint density at radius 2 is 1.12 bits per heavy atom. The van der Waals surface area contributed by atoms with Gasteiger partial charge in [-0.2, -0.15) is 0 Å². The average molecular weight is 714 g/mol. The standard InChI is InChI=1S/C15H15NO6.C9H7NO4.C6H10O3.CH2Cl2/c1-11(2)15(18)22-10-9-21-14(17)8-7-12-5-3-4-6-13(12)16(19)20;11-9(12)6-5-7-3-1-2-4-8(7)10(13)14;1-5(2)6(8)9-4-3-7;2-1-3/h3-8H,1,9-10H2,2H3;1-6H,(H,11,12);7H,1,3-4H2,2H3;1H2/b8-7+;6-5+;;. The van der Waals surface area contributed by atoms with Crippen LogP contribution in [0, 0.1) is 20.2 Å². The topological polar surface area (TPSA) is 223 Å². The number of hydrogen-bond acceptors (Lipinski definition) is 12. The summed E-state index contributed by atoms with van der Waals surface area (Å²) in [5.41, 5.74) is 0.955. The second-order valence-electron chi connectivity index (χ2n) is 8.46. The summed E-state index contributed by atoms with van der Waals surface area (Å²) < 4.78 is 14.0. The number of carbonyl (C=O) groups is 4. The van der Waals surface area contributed by atoms with Crippen LogP contribution in [0.5, 0.6) is 0 Å². The molecule has 0 saturated heterocycles. The Labute approximate surface area is 285 Å². The molecule has 17 heteroatoms. The number of rotatable bonds is 13. The van der Waals surface area contributed by atoms with Gasteiger partial charge in [0.05, 0.1) is 32.9 Å². The number of aliphatic hydroxyl groups excluding tert-OH is 1. The monoisotopic (exact) mass is 712 g/mol. The van der Waals surface area contributed by atoms with E-state index in [1.165, 1.54) is 55.5 Å². The molecule has 0 heterocycles. The van der Waals surface area contributed by atoms with Crippen molar-refractivity contribution in [3.05, 3.63) is 116 Å². The highest BCUT2D eigenvalue weighted by Crippen LogP contribution is 2.19. The summed E-state index contributed by atoms with van der Waals surface area (Å²) in [6.07, 6.45) is 4.42. The zero-order valence-electron chi connectivity index (χ0n) is 25.9. The minimum absolute atomic E-state index is 0.0473. The highest BCUT2D eigenvalue weighted by atomic mass is 35.5. The van der Waals surface area contributed by atoms with E-state index in [2.05, 4.69) is 17.9 Å². The summed E-state index contributed by atoms with van der Waals surface area (Å²) in [5, 5.41) is 38.0. The quantitative estimate of drug-likeness (QED) is 0.0500. The zero-order chi connectivity index (χ0) is 37.1. The number of esters is 3. The Bertz CT molecular complexity index is 1470. The number of carboxylic acids is 1. The lowest BCUT2D eigenvalue weighted by molar-refractivity contribution is -0.385. The summed E-state index contributed by atoms with van der Waals surface area (Å²) in [5.74, 6) is -2.84. The van der Waals surface area contributed by atoms with E-state index in [0.29, 0.717) is 5.57 Å². The van der Waals surface area contributed by atoms with E-state index in [0.717, 1.165) is 12.2 Å². The first-order valence-corrected chi connectivity index (χ1v) is 14.3. The fourth-order valence-electron chi connectivity index (χ4n) is 2.62. The molecule has 0 atom stereocenters. The van der Waals surface area contributed by atoms with Gasteiger partial charge < -0.3 is 24.4 Å². The van der Waals surface area contributed by atoms with Crippen LogP contribution in [0.1, 0.15) is 25.0 Å². The Morgan fingerprint density at radius 1 is 0.750 bits per heavy atom. The molecule has 2 aromatic rings. The van der Waals surface area contributed by atoms with Gasteiger partial charge in [0, 0.05) is 35.4 Å². The van der Waals surface area contributed by atoms with Gasteiger partial charge in [0.2, 0.25) is 0 Å². The smallest absolute Gasteiger partial charge is 0.333 e. The van der Waals surface area contributed by atoms with E-state index < -0.39 is 33.7 Å². The van der Waals surface area contributed by atoms with E-state index in [1.54, 1.807) is 19.1 Å². The Morgan fingerprint density at radius 3 is 1.50 bits per heavy atom. The third-order valence-corrected chi connectivity index (χ3v) is 4.65. The number of hydrogen-bond donors (Lipinski definition) is 2. The van der Waals surface area contributed by atoms with Crippen molar-refractivity contribution < 1.29 is 53.4 Å². The van der Waals surface area contributed by atoms with Crippen molar-refractivity contribution in [2.75, 3.05) is 31.8 Å². The molecule has 260 valence electrons. The Kier molecular flexibility index (Phi) is 25.0. The number of ether oxygens (including phenoxy) is 3. The fraction of sp³-hybridized carbons (Fsp3) is 0.226. The largest absolute Gasteiger partial charge is 0.478 e. The molecule has 15 nitrogen and oxygen atoms in total. The maximum Gasteiger partial charge on any atom is 0.333 e. The normalized spacial score (nSPS) is 9.69. The van der Waals surface area contributed by atoms with Crippen LogP contribution in [0.2, 0.25) is 0 Å². The van der Waals surface area contributed by atoms with Crippen LogP contribution < -0.4 is 0 Å². The van der Waals surface area contributed by atoms with Crippen LogP contribution in [0.4, 0.5) is 11.4 Å². The SMILES string of the molecule is C=C(C)C(=O)OCCO.C=C(C)C(=O)OCCOC(=O)/C=C/c1ccccc1[N+](=O)[O-].ClCCl.O=C(O)/C=C/c1ccccc1[N+](=O)[O-]. The highest BCUT2D eigenvalue weighted by molar-refractivity contribution is 6.40. The van der Waals surface area contributed by atoms with E-state index in [4.69, 9.17) is 42.9 Å². The number of carbonyl (C=O) groups excluding carboxylic acids is 3. The van der Waals surface area contributed by atoms with Gasteiger partial charge in [-0.05, 0) is 38.1 Å². The number of carboxylic acid groups (broad SMARTS) is 1. The first kappa shape index (κ1) is 44.7. The first-order chi connectivity index (χ1) is 22.6. The Hall–Kier alpha value is -5.38. The molecule has 0 aliphatic heterocycles. The first-order valence-electron chi connectivity index (χ1n) is 13.2. The van der Waals surface area contributed by atoms with E-state index in [1.807, 2.05) is 0 Å². The summed E-state index contributed by atoms with van der Waals surface area (Å²) in [4.78, 5) is 63.4. The van der Waals surface area contributed by atoms with Crippen LogP contribution in [0.3, 0.4) is 0 Å². The average Bonchev–Trinajstić information content (AvgIpc) is 3.04. The maximum atomic E-state index is 11.4. The molecule has 2 rings (SSSR count). The van der Waals surface area contributed by atoms with Gasteiger partial charge in [-0.25, -0.2) is 19.2 Å². The van der Waals surface area contributed by atoms with Crippen LogP contribution >= 0.6 is 23.2 Å². The van der Waals surface area contributed by atoms with Crippen LogP contribution in [0.25, 0.3) is 12.2 Å². The van der Waals surface area contributed by atoms with Crippen LogP contribution in [-0.2, 0) is 33.4 Å². The van der Waals surface area contributed by atoms with Gasteiger partial charge in [0.25, 0.3) is 11.4 Å². The third-order valence-electron chi connectivity index (χ3n) is 4.65. The zero-order valence-corrected chi connectivity index (χ0v) is 27.4. The molecule has 0 saturated carbocycles. The molecule has 2 N–H and O–H groups in total. The van der Waals surface area contributed by atoms with E-state index >= 15 is 0 Å². The summed E-state index contributed by atoms with van der Waals surface area (Å²) in [7, 11) is 0. The third kappa shape index (κ3) is 22.2. The van der Waals surface area contributed by atoms with Gasteiger partial charge in [-0.15, -0.1) is 23.2 Å². The molecule has 0 aromatic heterocycles. The number of alkyl halides is 2. The van der Waals surface area contributed by atoms with Gasteiger partial charge in [0.15, 0.2) is 0 Å². The molecule has 0 radical (unpaired) electrons. The van der Waals surface area contributed by atoms with Crippen molar-refractivity contribution >= 4 is 70.6 Å². The molecule has 48 heavy (non-hydrogen) atoms. The lowest BCUT2D eigenvalue weighted by atomic mass is 10.1. The number of nitro benzene ring substituents is 2. The summed E-state index contributed by atoms with van der Waals surface area (Å²) in [6.45, 7) is 9.53. The van der Waals surface area contributed by atoms with Crippen LogP contribution in [0.15, 0.2) is 85.0 Å². The Balaban J connectivity index is 0. The number of nitrogens with zero attached hydrogens (tertiary/aromatic N) is 2. The molecular weight excluding hydrogens is 679 g/mol. The molecule has 0 aliphatic rings. The van der Waals surface area contributed by atoms with Gasteiger partial charge in [0.1, 0.15) is 19.8 Å². The van der Waals surface area contributed by atoms with E-state index in [9.17, 15) is 39.4 Å². The number of nitro groups is 2. The van der Waals surface area contributed by atoms with Gasteiger partial charge in [-0.3, -0.25) is 20.2 Å². The van der Waals surface area contributed by atoms with Crippen molar-refractivity contribution in [2.45, 2.75) is 13.8 Å². The van der Waals surface area contributed by atoms with Crippen molar-refractivity contribution in [3.8, 4) is 0 Å². The van der Waals surface area contributed by atoms with Crippen LogP contribution in [-0.4, -0.2) is 75.7 Å². The minimum atomic E-state index is -1.14. The number of aliphatic hydroxyl groups is 1. The number of halogens is 2. The molecule has 0 fully saturated rings. The van der Waals surface area contributed by atoms with E-state index in [-0.39, 0.29) is 59.8 Å². The predicted molar refractivity (Wildman–Crippen MR) is 178 cm³/mol. The second-order valence-corrected chi connectivity index (χ2v) is 9.27. The van der Waals surface area contributed by atoms with Gasteiger partial charge in [-0.1, -0.05) is 37.4 Å². The molecule has 0 bridgehead atoms. The molecule has 2 aromatic carbocycles. The fourth-order valence-corrected chi connectivity index (χ4v) is 2.62. The highest BCUT2D eigenvalue weighted by Gasteiger charge is 2.11.